The van der Waals surface area contributed by atoms with Crippen LogP contribution >= 0.6 is 0 Å². The molecule has 4 aliphatic rings. The van der Waals surface area contributed by atoms with Gasteiger partial charge in [-0.2, -0.15) is 0 Å². The number of nitrogens with zero attached hydrogens (tertiary/aromatic N) is 1. The number of ether oxygens (including phenoxy) is 2. The van der Waals surface area contributed by atoms with Crippen molar-refractivity contribution in [3.8, 4) is 5.75 Å². The maximum Gasteiger partial charge on any atom is 0.246 e. The van der Waals surface area contributed by atoms with Crippen LogP contribution in [0.25, 0.3) is 0 Å². The fraction of sp³-hybridized carbons (Fsp3) is 0.485. The molecule has 1 saturated carbocycles. The third kappa shape index (κ3) is 4.82. The van der Waals surface area contributed by atoms with E-state index in [4.69, 9.17) is 9.47 Å². The second-order valence-electron chi connectivity index (χ2n) is 12.1. The number of carbonyl (C=O) groups excluding carboxylic acids is 3. The van der Waals surface area contributed by atoms with Crippen molar-refractivity contribution in [3.05, 3.63) is 71.8 Å². The van der Waals surface area contributed by atoms with Gasteiger partial charge in [0.05, 0.1) is 31.6 Å². The maximum atomic E-state index is 14.3. The highest BCUT2D eigenvalue weighted by Crippen LogP contribution is 2.55. The monoisotopic (exact) mass is 557 g/mol. The average Bonchev–Trinajstić information content (AvgIpc) is 3.61. The highest BCUT2D eigenvalue weighted by Gasteiger charge is 2.72. The molecule has 3 heterocycles. The van der Waals surface area contributed by atoms with Gasteiger partial charge in [0.1, 0.15) is 17.4 Å². The fourth-order valence-corrected chi connectivity index (χ4v) is 7.16. The zero-order valence-corrected chi connectivity index (χ0v) is 24.0. The van der Waals surface area contributed by atoms with Crippen molar-refractivity contribution in [2.45, 2.75) is 82.2 Å². The van der Waals surface area contributed by atoms with Gasteiger partial charge in [0, 0.05) is 17.3 Å². The number of amides is 3. The van der Waals surface area contributed by atoms with E-state index in [1.807, 2.05) is 60.7 Å². The minimum absolute atomic E-state index is 0.0744. The number of nitrogens with one attached hydrogen (secondary N) is 2. The number of hydrogen-bond donors (Lipinski definition) is 2. The van der Waals surface area contributed by atoms with Crippen molar-refractivity contribution < 1.29 is 23.9 Å². The molecule has 3 amide bonds. The number of fused-ring (bicyclic) bond motifs is 1. The Hall–Kier alpha value is -3.65. The van der Waals surface area contributed by atoms with Crippen LogP contribution < -0.4 is 15.4 Å². The van der Waals surface area contributed by atoms with Gasteiger partial charge < -0.3 is 25.0 Å². The van der Waals surface area contributed by atoms with Crippen LogP contribution in [0, 0.1) is 11.8 Å². The summed E-state index contributed by atoms with van der Waals surface area (Å²) < 4.78 is 12.1. The van der Waals surface area contributed by atoms with Crippen LogP contribution in [0.5, 0.6) is 5.75 Å². The number of methoxy groups -OCH3 is 1. The lowest BCUT2D eigenvalue weighted by Gasteiger charge is -2.34. The molecule has 2 N–H and O–H groups in total. The van der Waals surface area contributed by atoms with Gasteiger partial charge in [0.2, 0.25) is 17.7 Å². The second kappa shape index (κ2) is 11.0. The van der Waals surface area contributed by atoms with Crippen molar-refractivity contribution >= 4 is 23.4 Å². The normalized spacial score (nSPS) is 28.7. The Morgan fingerprint density at radius 1 is 1.05 bits per heavy atom. The molecule has 3 aliphatic heterocycles. The molecule has 2 aromatic carbocycles. The summed E-state index contributed by atoms with van der Waals surface area (Å²) in [6, 6.07) is 14.5. The molecule has 1 aliphatic carbocycles. The first-order chi connectivity index (χ1) is 19.8. The van der Waals surface area contributed by atoms with Gasteiger partial charge in [0.25, 0.3) is 0 Å². The highest BCUT2D eigenvalue weighted by atomic mass is 16.5. The van der Waals surface area contributed by atoms with E-state index >= 15 is 0 Å². The van der Waals surface area contributed by atoms with Crippen molar-refractivity contribution in [2.24, 2.45) is 11.8 Å². The van der Waals surface area contributed by atoms with Gasteiger partial charge in [-0.05, 0) is 42.5 Å². The number of anilines is 1. The lowest BCUT2D eigenvalue weighted by Crippen LogP contribution is -2.56. The third-order valence-electron chi connectivity index (χ3n) is 9.25. The predicted octanol–water partition coefficient (Wildman–Crippen LogP) is 4.56. The number of para-hydroxylation sites is 1. The van der Waals surface area contributed by atoms with Gasteiger partial charge in [-0.15, -0.1) is 0 Å². The molecule has 1 spiro atoms. The number of carbonyl (C=O) groups is 3. The van der Waals surface area contributed by atoms with E-state index in [-0.39, 0.29) is 30.3 Å². The van der Waals surface area contributed by atoms with E-state index in [0.29, 0.717) is 17.4 Å². The molecule has 0 unspecified atom stereocenters. The van der Waals surface area contributed by atoms with E-state index < -0.39 is 29.6 Å². The summed E-state index contributed by atoms with van der Waals surface area (Å²) in [6.45, 7) is 4.42. The molecule has 2 aromatic rings. The molecule has 41 heavy (non-hydrogen) atoms. The molecule has 8 nitrogen and oxygen atoms in total. The van der Waals surface area contributed by atoms with Crippen molar-refractivity contribution in [3.63, 3.8) is 0 Å². The van der Waals surface area contributed by atoms with Crippen LogP contribution in [0.15, 0.2) is 60.7 Å². The molecule has 6 rings (SSSR count). The van der Waals surface area contributed by atoms with Crippen molar-refractivity contribution in [2.75, 3.05) is 12.4 Å². The van der Waals surface area contributed by atoms with Gasteiger partial charge >= 0.3 is 0 Å². The van der Waals surface area contributed by atoms with Crippen LogP contribution in [0.4, 0.5) is 5.69 Å². The molecule has 2 saturated heterocycles. The van der Waals surface area contributed by atoms with Crippen LogP contribution in [-0.2, 0) is 25.7 Å². The minimum Gasteiger partial charge on any atom is -0.496 e. The first-order valence-electron chi connectivity index (χ1n) is 14.8. The molecule has 2 bridgehead atoms. The Morgan fingerprint density at radius 2 is 1.78 bits per heavy atom. The number of hydrogen-bond acceptors (Lipinski definition) is 5. The zero-order chi connectivity index (χ0) is 28.7. The Bertz CT molecular complexity index is 1350. The summed E-state index contributed by atoms with van der Waals surface area (Å²) in [5.74, 6) is -1.27. The molecule has 5 atom stereocenters. The Morgan fingerprint density at radius 3 is 2.49 bits per heavy atom. The van der Waals surface area contributed by atoms with Crippen molar-refractivity contribution in [1.29, 1.82) is 0 Å². The summed E-state index contributed by atoms with van der Waals surface area (Å²) in [4.78, 5) is 43.7. The quantitative estimate of drug-likeness (QED) is 0.464. The number of benzene rings is 2. The molecular weight excluding hydrogens is 518 g/mol. The van der Waals surface area contributed by atoms with E-state index in [0.717, 1.165) is 31.2 Å². The van der Waals surface area contributed by atoms with E-state index in [9.17, 15) is 14.4 Å². The van der Waals surface area contributed by atoms with Gasteiger partial charge in [0.15, 0.2) is 0 Å². The lowest BCUT2D eigenvalue weighted by molar-refractivity contribution is -0.142. The number of rotatable bonds is 8. The van der Waals surface area contributed by atoms with E-state index in [1.165, 1.54) is 12.0 Å². The van der Waals surface area contributed by atoms with E-state index in [1.54, 1.807) is 12.0 Å². The molecule has 8 heteroatoms. The first-order valence-corrected chi connectivity index (χ1v) is 14.8. The second-order valence-corrected chi connectivity index (χ2v) is 12.1. The number of likely N-dealkylation sites (tertiary alicyclic amines) is 1. The fourth-order valence-electron chi connectivity index (χ4n) is 7.16. The third-order valence-corrected chi connectivity index (χ3v) is 9.25. The van der Waals surface area contributed by atoms with Crippen molar-refractivity contribution in [1.82, 2.24) is 10.2 Å². The van der Waals surface area contributed by atoms with Crippen LogP contribution in [-0.4, -0.2) is 53.5 Å². The molecule has 3 fully saturated rings. The van der Waals surface area contributed by atoms with Gasteiger partial charge in [-0.25, -0.2) is 0 Å². The Balaban J connectivity index is 1.31. The topological polar surface area (TPSA) is 97.0 Å². The highest BCUT2D eigenvalue weighted by molar-refractivity contribution is 6.02. The van der Waals surface area contributed by atoms with Crippen LogP contribution in [0.3, 0.4) is 0 Å². The molecule has 0 aromatic heterocycles. The summed E-state index contributed by atoms with van der Waals surface area (Å²) in [6.07, 6.45) is 8.31. The van der Waals surface area contributed by atoms with Gasteiger partial charge in [-0.3, -0.25) is 14.4 Å². The summed E-state index contributed by atoms with van der Waals surface area (Å²) in [5, 5.41) is 6.25. The first kappa shape index (κ1) is 27.5. The lowest BCUT2D eigenvalue weighted by atomic mass is 9.74. The average molecular weight is 558 g/mol. The maximum absolute atomic E-state index is 14.3. The summed E-state index contributed by atoms with van der Waals surface area (Å²) >= 11 is 0. The van der Waals surface area contributed by atoms with Crippen LogP contribution in [0.1, 0.15) is 63.0 Å². The molecule has 0 radical (unpaired) electrons. The summed E-state index contributed by atoms with van der Waals surface area (Å²) in [7, 11) is 1.59. The zero-order valence-electron chi connectivity index (χ0n) is 24.0. The SMILES string of the molecule is COc1ccccc1CN1C(=O)[C@H]2[C@H](C(=O)Nc3ccc(C(C)C)cc3)[C@H]3C=C[C@@]2(O3)[C@H]1C(=O)NC1CCCCC1. The Kier molecular flexibility index (Phi) is 7.36. The van der Waals surface area contributed by atoms with Gasteiger partial charge in [-0.1, -0.05) is 75.6 Å². The molecule has 216 valence electrons. The van der Waals surface area contributed by atoms with Crippen LogP contribution in [0.2, 0.25) is 0 Å². The molecular formula is C33H39N3O5. The summed E-state index contributed by atoms with van der Waals surface area (Å²) in [5.41, 5.74) is 1.44. The Labute approximate surface area is 241 Å². The predicted molar refractivity (Wildman–Crippen MR) is 155 cm³/mol. The smallest absolute Gasteiger partial charge is 0.246 e. The standard InChI is InChI=1S/C33H39N3O5/c1-20(2)21-13-15-24(16-14-21)34-30(37)27-26-17-18-33(41-26)28(27)32(39)36(19-22-9-7-8-12-25(22)40-3)29(33)31(38)35-23-10-5-4-6-11-23/h7-9,12-18,20,23,26-29H,4-6,10-11,19H2,1-3H3,(H,34,37)(H,35,38)/t26-,27-,28-,29-,33+/m1/s1. The minimum atomic E-state index is -1.20. The van der Waals surface area contributed by atoms with E-state index in [2.05, 4.69) is 24.5 Å². The largest absolute Gasteiger partial charge is 0.496 e.